The summed E-state index contributed by atoms with van der Waals surface area (Å²) < 4.78 is 6.86. The van der Waals surface area contributed by atoms with Crippen LogP contribution in [0.5, 0.6) is 0 Å². The van der Waals surface area contributed by atoms with Crippen LogP contribution in [0.1, 0.15) is 11.3 Å². The number of anilines is 1. The Morgan fingerprint density at radius 2 is 2.26 bits per heavy atom. The van der Waals surface area contributed by atoms with Gasteiger partial charge in [-0.05, 0) is 18.6 Å². The van der Waals surface area contributed by atoms with Crippen molar-refractivity contribution >= 4 is 11.6 Å². The molecule has 0 atom stereocenters. The maximum absolute atomic E-state index is 12.3. The number of carbonyl (C=O) groups excluding carboxylic acids is 1. The fourth-order valence-corrected chi connectivity index (χ4v) is 2.20. The van der Waals surface area contributed by atoms with Crippen LogP contribution in [0.2, 0.25) is 0 Å². The van der Waals surface area contributed by atoms with Crippen LogP contribution in [-0.2, 0) is 23.1 Å². The Hall–Kier alpha value is -2.25. The summed E-state index contributed by atoms with van der Waals surface area (Å²) in [7, 11) is 3.50. The van der Waals surface area contributed by atoms with Gasteiger partial charge in [-0.15, -0.1) is 0 Å². The molecule has 0 bridgehead atoms. The standard InChI is InChI=1S/C16H23N5O2/c1-13-15(10-18-20(13)2)19-16(22)12-21(7-8-23-3)11-14-5-4-6-17-9-14/h4-6,9-10H,7-8,11-12H2,1-3H3,(H,19,22). The Balaban J connectivity index is 1.96. The highest BCUT2D eigenvalue weighted by Gasteiger charge is 2.13. The first-order valence-corrected chi connectivity index (χ1v) is 7.48. The lowest BCUT2D eigenvalue weighted by Gasteiger charge is -2.21. The minimum absolute atomic E-state index is 0.0684. The minimum Gasteiger partial charge on any atom is -0.383 e. The topological polar surface area (TPSA) is 72.3 Å². The monoisotopic (exact) mass is 317 g/mol. The first-order valence-electron chi connectivity index (χ1n) is 7.48. The quantitative estimate of drug-likeness (QED) is 0.792. The molecule has 1 N–H and O–H groups in total. The average Bonchev–Trinajstić information content (AvgIpc) is 2.85. The van der Waals surface area contributed by atoms with Crippen LogP contribution in [-0.4, -0.2) is 52.4 Å². The Bertz CT molecular complexity index is 627. The van der Waals surface area contributed by atoms with E-state index in [1.54, 1.807) is 24.2 Å². The van der Waals surface area contributed by atoms with Gasteiger partial charge in [-0.3, -0.25) is 19.4 Å². The number of ether oxygens (including phenoxy) is 1. The first-order chi connectivity index (χ1) is 11.1. The fourth-order valence-electron chi connectivity index (χ4n) is 2.20. The van der Waals surface area contributed by atoms with Gasteiger partial charge in [-0.1, -0.05) is 6.07 Å². The predicted octanol–water partition coefficient (Wildman–Crippen LogP) is 1.21. The largest absolute Gasteiger partial charge is 0.383 e. The highest BCUT2D eigenvalue weighted by atomic mass is 16.5. The molecule has 7 nitrogen and oxygen atoms in total. The molecule has 124 valence electrons. The maximum Gasteiger partial charge on any atom is 0.238 e. The number of aromatic nitrogens is 3. The van der Waals surface area contributed by atoms with Gasteiger partial charge in [0.05, 0.1) is 30.7 Å². The Kier molecular flexibility index (Phi) is 6.25. The minimum atomic E-state index is -0.0684. The third-order valence-electron chi connectivity index (χ3n) is 3.62. The number of amides is 1. The van der Waals surface area contributed by atoms with Crippen LogP contribution in [0.25, 0.3) is 0 Å². The molecule has 0 saturated heterocycles. The van der Waals surface area contributed by atoms with Crippen molar-refractivity contribution < 1.29 is 9.53 Å². The molecule has 0 aliphatic rings. The zero-order chi connectivity index (χ0) is 16.7. The second-order valence-corrected chi connectivity index (χ2v) is 5.38. The van der Waals surface area contributed by atoms with E-state index in [-0.39, 0.29) is 12.5 Å². The van der Waals surface area contributed by atoms with Crippen LogP contribution in [0.4, 0.5) is 5.69 Å². The van der Waals surface area contributed by atoms with E-state index in [2.05, 4.69) is 15.4 Å². The molecule has 0 fully saturated rings. The zero-order valence-electron chi connectivity index (χ0n) is 13.8. The second-order valence-electron chi connectivity index (χ2n) is 5.38. The highest BCUT2D eigenvalue weighted by molar-refractivity contribution is 5.92. The summed E-state index contributed by atoms with van der Waals surface area (Å²) in [5.41, 5.74) is 2.73. The number of carbonyl (C=O) groups is 1. The molecule has 1 amide bonds. The number of nitrogens with zero attached hydrogens (tertiary/aromatic N) is 4. The van der Waals surface area contributed by atoms with Crippen molar-refractivity contribution in [3.8, 4) is 0 Å². The Labute approximate surface area is 136 Å². The van der Waals surface area contributed by atoms with Gasteiger partial charge in [0.1, 0.15) is 0 Å². The van der Waals surface area contributed by atoms with Crippen LogP contribution in [0.3, 0.4) is 0 Å². The van der Waals surface area contributed by atoms with Crippen molar-refractivity contribution in [3.63, 3.8) is 0 Å². The van der Waals surface area contributed by atoms with Crippen LogP contribution in [0.15, 0.2) is 30.7 Å². The van der Waals surface area contributed by atoms with Gasteiger partial charge in [-0.25, -0.2) is 0 Å². The fraction of sp³-hybridized carbons (Fsp3) is 0.438. The first kappa shape index (κ1) is 17.1. The van der Waals surface area contributed by atoms with Crippen molar-refractivity contribution in [2.75, 3.05) is 32.1 Å². The van der Waals surface area contributed by atoms with E-state index in [0.29, 0.717) is 19.7 Å². The second kappa shape index (κ2) is 8.40. The van der Waals surface area contributed by atoms with Crippen molar-refractivity contribution in [1.82, 2.24) is 19.7 Å². The number of aryl methyl sites for hydroxylation is 1. The lowest BCUT2D eigenvalue weighted by molar-refractivity contribution is -0.117. The molecular formula is C16H23N5O2. The molecule has 2 aromatic heterocycles. The smallest absolute Gasteiger partial charge is 0.238 e. The number of hydrogen-bond acceptors (Lipinski definition) is 5. The van der Waals surface area contributed by atoms with Gasteiger partial charge < -0.3 is 10.1 Å². The van der Waals surface area contributed by atoms with E-state index in [1.165, 1.54) is 0 Å². The van der Waals surface area contributed by atoms with E-state index < -0.39 is 0 Å². The van der Waals surface area contributed by atoms with Gasteiger partial charge in [0, 0.05) is 39.6 Å². The number of pyridine rings is 1. The molecule has 0 aromatic carbocycles. The summed E-state index contributed by atoms with van der Waals surface area (Å²) in [6.45, 7) is 4.09. The summed E-state index contributed by atoms with van der Waals surface area (Å²) >= 11 is 0. The van der Waals surface area contributed by atoms with Gasteiger partial charge >= 0.3 is 0 Å². The molecule has 2 rings (SSSR count). The van der Waals surface area contributed by atoms with Crippen LogP contribution < -0.4 is 5.32 Å². The number of hydrogen-bond donors (Lipinski definition) is 1. The van der Waals surface area contributed by atoms with Gasteiger partial charge in [0.25, 0.3) is 0 Å². The molecule has 7 heteroatoms. The van der Waals surface area contributed by atoms with E-state index in [1.807, 2.05) is 37.2 Å². The predicted molar refractivity (Wildman–Crippen MR) is 88.0 cm³/mol. The summed E-state index contributed by atoms with van der Waals surface area (Å²) in [5.74, 6) is -0.0684. The number of rotatable bonds is 8. The van der Waals surface area contributed by atoms with E-state index in [9.17, 15) is 4.79 Å². The Morgan fingerprint density at radius 1 is 1.43 bits per heavy atom. The molecule has 0 unspecified atom stereocenters. The van der Waals surface area contributed by atoms with Gasteiger partial charge in [0.15, 0.2) is 0 Å². The van der Waals surface area contributed by atoms with Crippen molar-refractivity contribution in [1.29, 1.82) is 0 Å². The van der Waals surface area contributed by atoms with Crippen molar-refractivity contribution in [2.45, 2.75) is 13.5 Å². The lowest BCUT2D eigenvalue weighted by atomic mass is 10.2. The van der Waals surface area contributed by atoms with Crippen molar-refractivity contribution in [2.24, 2.45) is 7.05 Å². The van der Waals surface area contributed by atoms with E-state index in [0.717, 1.165) is 16.9 Å². The molecule has 0 saturated carbocycles. The van der Waals surface area contributed by atoms with Crippen molar-refractivity contribution in [3.05, 3.63) is 42.0 Å². The molecule has 0 spiro atoms. The summed E-state index contributed by atoms with van der Waals surface area (Å²) in [4.78, 5) is 18.4. The molecule has 0 aliphatic carbocycles. The van der Waals surface area contributed by atoms with Gasteiger partial charge in [-0.2, -0.15) is 5.10 Å². The van der Waals surface area contributed by atoms with E-state index >= 15 is 0 Å². The normalized spacial score (nSPS) is 11.0. The SMILES string of the molecule is COCCN(CC(=O)Nc1cnn(C)c1C)Cc1cccnc1. The summed E-state index contributed by atoms with van der Waals surface area (Å²) in [5, 5.41) is 7.03. The maximum atomic E-state index is 12.3. The average molecular weight is 317 g/mol. The molecule has 2 aromatic rings. The zero-order valence-corrected chi connectivity index (χ0v) is 13.8. The summed E-state index contributed by atoms with van der Waals surface area (Å²) in [6.07, 6.45) is 5.21. The molecule has 2 heterocycles. The Morgan fingerprint density at radius 3 is 2.87 bits per heavy atom. The number of methoxy groups -OCH3 is 1. The van der Waals surface area contributed by atoms with Crippen LogP contribution >= 0.6 is 0 Å². The number of nitrogens with one attached hydrogen (secondary N) is 1. The third-order valence-corrected chi connectivity index (χ3v) is 3.62. The molecule has 0 radical (unpaired) electrons. The van der Waals surface area contributed by atoms with Crippen LogP contribution in [0, 0.1) is 6.92 Å². The third kappa shape index (κ3) is 5.15. The van der Waals surface area contributed by atoms with Gasteiger partial charge in [0.2, 0.25) is 5.91 Å². The highest BCUT2D eigenvalue weighted by Crippen LogP contribution is 2.12. The molecular weight excluding hydrogens is 294 g/mol. The molecule has 23 heavy (non-hydrogen) atoms. The summed E-state index contributed by atoms with van der Waals surface area (Å²) in [6, 6.07) is 3.89. The van der Waals surface area contributed by atoms with E-state index in [4.69, 9.17) is 4.74 Å². The lowest BCUT2D eigenvalue weighted by Crippen LogP contribution is -2.35. The molecule has 0 aliphatic heterocycles.